The smallest absolute Gasteiger partial charge is 0.337 e. The summed E-state index contributed by atoms with van der Waals surface area (Å²) in [6, 6.07) is 2.24. The number of amides is 1. The molecule has 0 radical (unpaired) electrons. The topological polar surface area (TPSA) is 33.2 Å². The van der Waals surface area contributed by atoms with Gasteiger partial charge in [0, 0.05) is 13.1 Å². The predicted molar refractivity (Wildman–Crippen MR) is 58.9 cm³/mol. The van der Waals surface area contributed by atoms with Crippen LogP contribution in [0.2, 0.25) is 0 Å². The van der Waals surface area contributed by atoms with Crippen molar-refractivity contribution in [1.82, 2.24) is 9.88 Å². The summed E-state index contributed by atoms with van der Waals surface area (Å²) in [6.07, 6.45) is -3.09. The van der Waals surface area contributed by atoms with E-state index < -0.39 is 23.8 Å². The van der Waals surface area contributed by atoms with E-state index in [1.807, 2.05) is 0 Å². The molecule has 0 aromatic carbocycles. The molecule has 3 nitrogen and oxygen atoms in total. The maximum atomic E-state index is 12.7. The van der Waals surface area contributed by atoms with Crippen LogP contribution in [-0.2, 0) is 0 Å². The van der Waals surface area contributed by atoms with Crippen molar-refractivity contribution in [2.24, 2.45) is 5.92 Å². The lowest BCUT2D eigenvalue weighted by atomic mass is 9.97. The molecule has 0 N–H and O–H groups in total. The Balaban J connectivity index is 2.09. The molecule has 1 aliphatic heterocycles. The van der Waals surface area contributed by atoms with Crippen molar-refractivity contribution in [3.63, 3.8) is 0 Å². The van der Waals surface area contributed by atoms with Gasteiger partial charge < -0.3 is 4.90 Å². The first-order valence-corrected chi connectivity index (χ1v) is 5.85. The van der Waals surface area contributed by atoms with Crippen LogP contribution in [0.25, 0.3) is 0 Å². The van der Waals surface area contributed by atoms with Crippen LogP contribution in [0.1, 0.15) is 23.3 Å². The SMILES string of the molecule is O=C(c1ccc(F)cn1)N1CCC[C@@H](C(F)(F)F)C1. The van der Waals surface area contributed by atoms with Crippen molar-refractivity contribution >= 4 is 5.91 Å². The van der Waals surface area contributed by atoms with Gasteiger partial charge >= 0.3 is 6.18 Å². The molecule has 0 saturated carbocycles. The highest BCUT2D eigenvalue weighted by atomic mass is 19.4. The van der Waals surface area contributed by atoms with Crippen LogP contribution < -0.4 is 0 Å². The van der Waals surface area contributed by atoms with Gasteiger partial charge in [-0.1, -0.05) is 0 Å². The number of likely N-dealkylation sites (tertiary alicyclic amines) is 1. The number of halogens is 4. The molecular weight excluding hydrogens is 264 g/mol. The highest BCUT2D eigenvalue weighted by Gasteiger charge is 2.42. The lowest BCUT2D eigenvalue weighted by molar-refractivity contribution is -0.184. The number of alkyl halides is 3. The number of pyridine rings is 1. The number of carbonyl (C=O) groups excluding carboxylic acids is 1. The van der Waals surface area contributed by atoms with Gasteiger partial charge in [0.15, 0.2) is 0 Å². The molecular formula is C12H12F4N2O. The Labute approximate surface area is 107 Å². The molecule has 2 rings (SSSR count). The third-order valence-electron chi connectivity index (χ3n) is 3.12. The molecule has 7 heteroatoms. The molecule has 0 spiro atoms. The molecule has 0 unspecified atom stereocenters. The summed E-state index contributed by atoms with van der Waals surface area (Å²) in [5.74, 6) is -2.68. The molecule has 1 fully saturated rings. The van der Waals surface area contributed by atoms with E-state index in [2.05, 4.69) is 4.98 Å². The zero-order valence-corrected chi connectivity index (χ0v) is 9.95. The Morgan fingerprint density at radius 2 is 2.11 bits per heavy atom. The van der Waals surface area contributed by atoms with E-state index in [0.717, 1.165) is 17.2 Å². The van der Waals surface area contributed by atoms with Gasteiger partial charge in [0.1, 0.15) is 11.5 Å². The number of aromatic nitrogens is 1. The van der Waals surface area contributed by atoms with E-state index in [9.17, 15) is 22.4 Å². The Morgan fingerprint density at radius 1 is 1.37 bits per heavy atom. The molecule has 0 aliphatic carbocycles. The van der Waals surface area contributed by atoms with Crippen LogP contribution in [-0.4, -0.2) is 35.1 Å². The minimum atomic E-state index is -4.30. The Kier molecular flexibility index (Phi) is 3.73. The first-order chi connectivity index (χ1) is 8.88. The van der Waals surface area contributed by atoms with E-state index in [4.69, 9.17) is 0 Å². The van der Waals surface area contributed by atoms with Gasteiger partial charge in [-0.3, -0.25) is 4.79 Å². The maximum absolute atomic E-state index is 12.7. The van der Waals surface area contributed by atoms with Crippen LogP contribution in [0.4, 0.5) is 17.6 Å². The summed E-state index contributed by atoms with van der Waals surface area (Å²) in [5.41, 5.74) is -0.0378. The molecule has 104 valence electrons. The minimum absolute atomic E-state index is 0.0319. The second-order valence-corrected chi connectivity index (χ2v) is 4.49. The Bertz CT molecular complexity index is 458. The molecule has 19 heavy (non-hydrogen) atoms. The van der Waals surface area contributed by atoms with Crippen LogP contribution in [0.15, 0.2) is 18.3 Å². The van der Waals surface area contributed by atoms with Crippen LogP contribution >= 0.6 is 0 Å². The van der Waals surface area contributed by atoms with Crippen LogP contribution in [0.5, 0.6) is 0 Å². The van der Waals surface area contributed by atoms with E-state index in [1.54, 1.807) is 0 Å². The summed E-state index contributed by atoms with van der Waals surface area (Å²) < 4.78 is 50.6. The van der Waals surface area contributed by atoms with E-state index in [1.165, 1.54) is 6.07 Å². The summed E-state index contributed by atoms with van der Waals surface area (Å²) in [4.78, 5) is 16.7. The summed E-state index contributed by atoms with van der Waals surface area (Å²) in [5, 5.41) is 0. The molecule has 1 saturated heterocycles. The van der Waals surface area contributed by atoms with E-state index >= 15 is 0 Å². The van der Waals surface area contributed by atoms with Gasteiger partial charge in [-0.25, -0.2) is 9.37 Å². The van der Waals surface area contributed by atoms with Gasteiger partial charge in [0.2, 0.25) is 0 Å². The molecule has 1 aromatic heterocycles. The van der Waals surface area contributed by atoms with Crippen molar-refractivity contribution in [3.8, 4) is 0 Å². The first kappa shape index (κ1) is 13.8. The van der Waals surface area contributed by atoms with Gasteiger partial charge in [-0.05, 0) is 25.0 Å². The van der Waals surface area contributed by atoms with Crippen LogP contribution in [0.3, 0.4) is 0 Å². The summed E-state index contributed by atoms with van der Waals surface area (Å²) in [7, 11) is 0. The van der Waals surface area contributed by atoms with Gasteiger partial charge in [-0.15, -0.1) is 0 Å². The van der Waals surface area contributed by atoms with Gasteiger partial charge in [0.05, 0.1) is 12.1 Å². The zero-order valence-electron chi connectivity index (χ0n) is 9.95. The van der Waals surface area contributed by atoms with Crippen molar-refractivity contribution in [2.75, 3.05) is 13.1 Å². The normalized spacial score (nSPS) is 20.4. The van der Waals surface area contributed by atoms with Crippen LogP contribution in [0, 0.1) is 11.7 Å². The summed E-state index contributed by atoms with van der Waals surface area (Å²) >= 11 is 0. The number of hydrogen-bond acceptors (Lipinski definition) is 2. The second-order valence-electron chi connectivity index (χ2n) is 4.49. The number of carbonyl (C=O) groups is 1. The molecule has 1 atom stereocenters. The van der Waals surface area contributed by atoms with E-state index in [0.29, 0.717) is 6.42 Å². The fourth-order valence-corrected chi connectivity index (χ4v) is 2.09. The van der Waals surface area contributed by atoms with Crippen molar-refractivity contribution in [3.05, 3.63) is 29.8 Å². The zero-order chi connectivity index (χ0) is 14.0. The first-order valence-electron chi connectivity index (χ1n) is 5.85. The maximum Gasteiger partial charge on any atom is 0.393 e. The average Bonchev–Trinajstić information content (AvgIpc) is 2.38. The lowest BCUT2D eigenvalue weighted by Crippen LogP contribution is -2.44. The third kappa shape index (κ3) is 3.21. The highest BCUT2D eigenvalue weighted by Crippen LogP contribution is 2.33. The minimum Gasteiger partial charge on any atom is -0.337 e. The number of piperidine rings is 1. The summed E-state index contributed by atoms with van der Waals surface area (Å²) in [6.45, 7) is -0.0914. The lowest BCUT2D eigenvalue weighted by Gasteiger charge is -2.33. The fourth-order valence-electron chi connectivity index (χ4n) is 2.09. The third-order valence-corrected chi connectivity index (χ3v) is 3.12. The monoisotopic (exact) mass is 276 g/mol. The van der Waals surface area contributed by atoms with Crippen molar-refractivity contribution < 1.29 is 22.4 Å². The molecule has 1 amide bonds. The Hall–Kier alpha value is -1.66. The number of hydrogen-bond donors (Lipinski definition) is 0. The number of nitrogens with zero attached hydrogens (tertiary/aromatic N) is 2. The molecule has 2 heterocycles. The number of rotatable bonds is 1. The molecule has 0 bridgehead atoms. The van der Waals surface area contributed by atoms with Gasteiger partial charge in [0.25, 0.3) is 5.91 Å². The van der Waals surface area contributed by atoms with Crippen molar-refractivity contribution in [2.45, 2.75) is 19.0 Å². The highest BCUT2D eigenvalue weighted by molar-refractivity contribution is 5.92. The van der Waals surface area contributed by atoms with Crippen molar-refractivity contribution in [1.29, 1.82) is 0 Å². The Morgan fingerprint density at radius 3 is 2.68 bits per heavy atom. The predicted octanol–water partition coefficient (Wildman–Crippen LogP) is 2.64. The largest absolute Gasteiger partial charge is 0.393 e. The molecule has 1 aromatic rings. The average molecular weight is 276 g/mol. The van der Waals surface area contributed by atoms with Gasteiger partial charge in [-0.2, -0.15) is 13.2 Å². The molecule has 1 aliphatic rings. The standard InChI is InChI=1S/C12H12F4N2O/c13-9-3-4-10(17-6-9)11(19)18-5-1-2-8(7-18)12(14,15)16/h3-4,6,8H,1-2,5,7H2/t8-/m1/s1. The second kappa shape index (κ2) is 5.14. The quantitative estimate of drug-likeness (QED) is 0.739. The van der Waals surface area contributed by atoms with E-state index in [-0.39, 0.29) is 25.2 Å². The fraction of sp³-hybridized carbons (Fsp3) is 0.500.